The maximum absolute atomic E-state index is 15.1. The van der Waals surface area contributed by atoms with Crippen molar-refractivity contribution >= 4 is 13.7 Å². The van der Waals surface area contributed by atoms with Crippen molar-refractivity contribution in [2.24, 2.45) is 4.76 Å². The number of nitrogens with zero attached hydrogens (tertiary/aromatic N) is 3. The fourth-order valence-electron chi connectivity index (χ4n) is 5.70. The summed E-state index contributed by atoms with van der Waals surface area (Å²) in [5.41, 5.74) is -1.14. The van der Waals surface area contributed by atoms with E-state index in [0.717, 1.165) is 96.3 Å². The van der Waals surface area contributed by atoms with Crippen LogP contribution in [0, 0.1) is 0 Å². The van der Waals surface area contributed by atoms with Crippen LogP contribution >= 0.6 is 7.75 Å². The first-order valence-electron chi connectivity index (χ1n) is 18.0. The van der Waals surface area contributed by atoms with Gasteiger partial charge in [-0.25, -0.2) is 4.57 Å². The topological polar surface area (TPSA) is 54.4 Å². The van der Waals surface area contributed by atoms with Gasteiger partial charge in [0.1, 0.15) is 0 Å². The lowest BCUT2D eigenvalue weighted by Crippen LogP contribution is -2.35. The Morgan fingerprint density at radius 1 is 0.651 bits per heavy atom. The molecule has 43 heavy (non-hydrogen) atoms. The molecule has 252 valence electrons. The molecule has 1 heterocycles. The van der Waals surface area contributed by atoms with Gasteiger partial charge < -0.3 is 9.80 Å². The van der Waals surface area contributed by atoms with Gasteiger partial charge in [0.2, 0.25) is 5.96 Å². The van der Waals surface area contributed by atoms with E-state index in [9.17, 15) is 0 Å². The van der Waals surface area contributed by atoms with E-state index in [1.807, 2.05) is 0 Å². The maximum Gasteiger partial charge on any atom is 0.458 e. The highest BCUT2D eigenvalue weighted by Crippen LogP contribution is 2.58. The molecule has 0 aliphatic carbocycles. The zero-order valence-corrected chi connectivity index (χ0v) is 30.6. The standard InChI is InChI=1S/C36H70N3O3P/c1-9-14-19-21-24-29-36(8,28-23-20-15-10-2)42-43(40,41-35(6,7)27-22-16-11-3)37-34-38(30-25-17-12-4)32-33-39(34)31-26-18-13-5/h17-18,25-26H,9-16,19-24,27-33H2,1-8H3/b25-17+,26-18+. The van der Waals surface area contributed by atoms with Crippen LogP contribution in [-0.4, -0.2) is 53.1 Å². The number of hydrogen-bond acceptors (Lipinski definition) is 3. The molecule has 2 atom stereocenters. The van der Waals surface area contributed by atoms with E-state index in [4.69, 9.17) is 13.8 Å². The number of allylic oxidation sites excluding steroid dienone is 2. The van der Waals surface area contributed by atoms with E-state index in [-0.39, 0.29) is 0 Å². The lowest BCUT2D eigenvalue weighted by molar-refractivity contribution is 0.00780. The Balaban J connectivity index is 3.48. The minimum absolute atomic E-state index is 0.544. The van der Waals surface area contributed by atoms with Crippen LogP contribution < -0.4 is 0 Å². The normalized spacial score (nSPS) is 17.3. The van der Waals surface area contributed by atoms with Crippen molar-refractivity contribution in [1.29, 1.82) is 0 Å². The zero-order chi connectivity index (χ0) is 32.0. The molecule has 0 saturated carbocycles. The summed E-state index contributed by atoms with van der Waals surface area (Å²) in [4.78, 5) is 4.47. The van der Waals surface area contributed by atoms with Crippen LogP contribution in [0.25, 0.3) is 0 Å². The van der Waals surface area contributed by atoms with E-state index in [1.54, 1.807) is 0 Å². The third kappa shape index (κ3) is 17.2. The highest BCUT2D eigenvalue weighted by atomic mass is 31.2. The van der Waals surface area contributed by atoms with Gasteiger partial charge in [0.25, 0.3) is 0 Å². The van der Waals surface area contributed by atoms with Crippen molar-refractivity contribution < 1.29 is 13.6 Å². The van der Waals surface area contributed by atoms with Gasteiger partial charge in [-0.15, -0.1) is 4.76 Å². The molecule has 0 spiro atoms. The maximum atomic E-state index is 15.1. The Morgan fingerprint density at radius 3 is 1.58 bits per heavy atom. The summed E-state index contributed by atoms with van der Waals surface area (Å²) in [7, 11) is -3.87. The molecule has 0 N–H and O–H groups in total. The van der Waals surface area contributed by atoms with Crippen molar-refractivity contribution in [2.75, 3.05) is 26.2 Å². The molecule has 0 amide bonds. The van der Waals surface area contributed by atoms with Crippen molar-refractivity contribution in [1.82, 2.24) is 9.80 Å². The average Bonchev–Trinajstić information content (AvgIpc) is 3.31. The number of guanidine groups is 1. The molecule has 0 aromatic heterocycles. The first-order chi connectivity index (χ1) is 20.6. The summed E-state index contributed by atoms with van der Waals surface area (Å²) in [6, 6.07) is 0. The molecule has 2 unspecified atom stereocenters. The quantitative estimate of drug-likeness (QED) is 0.0545. The average molecular weight is 624 g/mol. The van der Waals surface area contributed by atoms with Crippen LogP contribution in [0.5, 0.6) is 0 Å². The van der Waals surface area contributed by atoms with Gasteiger partial charge in [-0.2, -0.15) is 0 Å². The molecule has 0 radical (unpaired) electrons. The molecule has 7 heteroatoms. The Hall–Kier alpha value is -1.10. The van der Waals surface area contributed by atoms with E-state index >= 15 is 4.57 Å². The second-order valence-electron chi connectivity index (χ2n) is 13.3. The molecule has 6 nitrogen and oxygen atoms in total. The Labute approximate surface area is 267 Å². The molecule has 0 aromatic rings. The number of hydrogen-bond donors (Lipinski definition) is 0. The Morgan fingerprint density at radius 2 is 1.09 bits per heavy atom. The van der Waals surface area contributed by atoms with Gasteiger partial charge in [0.05, 0.1) is 11.2 Å². The second-order valence-corrected chi connectivity index (χ2v) is 14.8. The molecular weight excluding hydrogens is 553 g/mol. The molecule has 1 fully saturated rings. The van der Waals surface area contributed by atoms with Crippen LogP contribution in [0.15, 0.2) is 29.1 Å². The van der Waals surface area contributed by atoms with Crippen LogP contribution in [0.4, 0.5) is 0 Å². The SMILES string of the molecule is CC/C=C/CN1CCN(C/C=C/CC)C1=NP(=O)(OC(C)(C)CCCCC)OC(C)(CCCCCC)CCCCCCC. The predicted octanol–water partition coefficient (Wildman–Crippen LogP) is 11.5. The fraction of sp³-hybridized carbons (Fsp3) is 0.861. The molecular formula is C36H70N3O3P. The van der Waals surface area contributed by atoms with Crippen LogP contribution in [0.3, 0.4) is 0 Å². The molecule has 0 aromatic carbocycles. The van der Waals surface area contributed by atoms with Crippen LogP contribution in [0.1, 0.15) is 165 Å². The van der Waals surface area contributed by atoms with Crippen molar-refractivity contribution in [3.8, 4) is 0 Å². The first kappa shape index (κ1) is 39.9. The lowest BCUT2D eigenvalue weighted by atomic mass is 9.92. The van der Waals surface area contributed by atoms with Crippen molar-refractivity contribution in [3.63, 3.8) is 0 Å². The van der Waals surface area contributed by atoms with Gasteiger partial charge in [-0.1, -0.05) is 136 Å². The molecule has 1 aliphatic rings. The first-order valence-corrected chi connectivity index (χ1v) is 19.5. The zero-order valence-electron chi connectivity index (χ0n) is 29.7. The molecule has 1 aliphatic heterocycles. The summed E-state index contributed by atoms with van der Waals surface area (Å²) >= 11 is 0. The predicted molar refractivity (Wildman–Crippen MR) is 188 cm³/mol. The van der Waals surface area contributed by atoms with E-state index in [0.29, 0.717) is 0 Å². The monoisotopic (exact) mass is 624 g/mol. The van der Waals surface area contributed by atoms with Crippen molar-refractivity contribution in [2.45, 2.75) is 176 Å². The van der Waals surface area contributed by atoms with Gasteiger partial charge in [-0.3, -0.25) is 9.05 Å². The molecule has 1 rings (SSSR count). The van der Waals surface area contributed by atoms with E-state index in [1.165, 1.54) is 44.9 Å². The van der Waals surface area contributed by atoms with Gasteiger partial charge in [0.15, 0.2) is 0 Å². The minimum Gasteiger partial charge on any atom is -0.337 e. The molecule has 0 bridgehead atoms. The molecule has 1 saturated heterocycles. The summed E-state index contributed by atoms with van der Waals surface area (Å²) in [6.45, 7) is 20.5. The lowest BCUT2D eigenvalue weighted by Gasteiger charge is -2.36. The van der Waals surface area contributed by atoms with E-state index in [2.05, 4.69) is 89.5 Å². The van der Waals surface area contributed by atoms with Gasteiger partial charge in [-0.05, 0) is 52.9 Å². The van der Waals surface area contributed by atoms with Crippen molar-refractivity contribution in [3.05, 3.63) is 24.3 Å². The fourth-order valence-corrected chi connectivity index (χ4v) is 7.75. The summed E-state index contributed by atoms with van der Waals surface area (Å²) in [6.07, 6.45) is 27.3. The summed E-state index contributed by atoms with van der Waals surface area (Å²) in [5.74, 6) is 0.741. The highest BCUT2D eigenvalue weighted by molar-refractivity contribution is 7.52. The largest absolute Gasteiger partial charge is 0.458 e. The summed E-state index contributed by atoms with van der Waals surface area (Å²) < 4.78 is 33.6. The third-order valence-corrected chi connectivity index (χ3v) is 10.1. The van der Waals surface area contributed by atoms with Gasteiger partial charge >= 0.3 is 7.75 Å². The highest BCUT2D eigenvalue weighted by Gasteiger charge is 2.42. The van der Waals surface area contributed by atoms with E-state index < -0.39 is 18.9 Å². The van der Waals surface area contributed by atoms with Gasteiger partial charge in [0, 0.05) is 26.2 Å². The summed E-state index contributed by atoms with van der Waals surface area (Å²) in [5, 5.41) is 0. The number of unbranched alkanes of at least 4 members (excludes halogenated alkanes) is 9. The second kappa shape index (κ2) is 22.4. The van der Waals surface area contributed by atoms with Crippen LogP contribution in [0.2, 0.25) is 0 Å². The smallest absolute Gasteiger partial charge is 0.337 e. The number of rotatable bonds is 26. The van der Waals surface area contributed by atoms with Crippen LogP contribution in [-0.2, 0) is 13.6 Å². The third-order valence-electron chi connectivity index (χ3n) is 8.32. The Bertz CT molecular complexity index is 831. The minimum atomic E-state index is -3.87. The Kier molecular flexibility index (Phi) is 20.8.